The first kappa shape index (κ1) is 29.7. The molecule has 3 rings (SSSR count). The standard InChI is InChI=1S/C31H48.2CH4/c1-22(2)24(5)11-9-13-28-16-17-29-27(12-10-19-31(28,29)8)15-14-26-18-20-30(7,23(3)4)21-25(26)6;;/h9,11,14-15,22,24,28-29H,3,6,10,12-13,16-21H2,1-2,4-5,7-8H3;2*1H4/b11-9+,26-14+,27-15+;;. The van der Waals surface area contributed by atoms with E-state index in [-0.39, 0.29) is 20.3 Å². The van der Waals surface area contributed by atoms with Crippen molar-refractivity contribution in [2.45, 2.75) is 114 Å². The molecule has 0 aromatic heterocycles. The lowest BCUT2D eigenvalue weighted by molar-refractivity contribution is 0.137. The number of hydrogen-bond donors (Lipinski definition) is 0. The molecule has 188 valence electrons. The second kappa shape index (κ2) is 11.9. The molecule has 0 radical (unpaired) electrons. The fraction of sp³-hybridized carbons (Fsp3) is 0.697. The van der Waals surface area contributed by atoms with Crippen LogP contribution in [-0.4, -0.2) is 0 Å². The Bertz CT molecular complexity index is 772. The van der Waals surface area contributed by atoms with Crippen LogP contribution in [0.4, 0.5) is 0 Å². The molecule has 0 amide bonds. The third-order valence-electron chi connectivity index (χ3n) is 9.61. The molecule has 0 N–H and O–H groups in total. The van der Waals surface area contributed by atoms with Crippen molar-refractivity contribution in [3.05, 3.63) is 59.8 Å². The summed E-state index contributed by atoms with van der Waals surface area (Å²) in [6.07, 6.45) is 21.5. The van der Waals surface area contributed by atoms with Gasteiger partial charge in [-0.1, -0.05) is 104 Å². The Morgan fingerprint density at radius 2 is 1.76 bits per heavy atom. The van der Waals surface area contributed by atoms with Gasteiger partial charge in [-0.15, -0.1) is 0 Å². The Hall–Kier alpha value is -1.30. The van der Waals surface area contributed by atoms with Crippen LogP contribution in [0, 0.1) is 34.5 Å². The number of rotatable bonds is 6. The Morgan fingerprint density at radius 3 is 2.36 bits per heavy atom. The van der Waals surface area contributed by atoms with Gasteiger partial charge in [0.25, 0.3) is 0 Å². The highest BCUT2D eigenvalue weighted by Crippen LogP contribution is 2.58. The smallest absolute Gasteiger partial charge is 0.00784 e. The van der Waals surface area contributed by atoms with Crippen molar-refractivity contribution in [2.75, 3.05) is 0 Å². The van der Waals surface area contributed by atoms with Gasteiger partial charge in [-0.2, -0.15) is 0 Å². The summed E-state index contributed by atoms with van der Waals surface area (Å²) >= 11 is 0. The molecule has 0 saturated heterocycles. The van der Waals surface area contributed by atoms with Crippen molar-refractivity contribution < 1.29 is 0 Å². The molecular formula is C33H56. The second-order valence-corrected chi connectivity index (χ2v) is 12.0. The zero-order valence-electron chi connectivity index (χ0n) is 21.4. The normalized spacial score (nSPS) is 35.4. The maximum Gasteiger partial charge on any atom is -0.00784 e. The van der Waals surface area contributed by atoms with E-state index in [1.165, 1.54) is 61.7 Å². The zero-order chi connectivity index (χ0) is 22.8. The highest BCUT2D eigenvalue weighted by molar-refractivity contribution is 5.38. The Labute approximate surface area is 208 Å². The lowest BCUT2D eigenvalue weighted by atomic mass is 9.63. The van der Waals surface area contributed by atoms with Crippen molar-refractivity contribution in [3.8, 4) is 0 Å². The molecule has 33 heavy (non-hydrogen) atoms. The molecule has 3 saturated carbocycles. The SMILES string of the molecule is C.C.C=C1CC(C)(C(=C)C)CC/C1=C\C=C1/CCCC2(C)C(C/C=C/C(C)C(C)C)CCC12. The molecule has 0 bridgehead atoms. The highest BCUT2D eigenvalue weighted by Gasteiger charge is 2.48. The lowest BCUT2D eigenvalue weighted by Crippen LogP contribution is -2.33. The first-order chi connectivity index (χ1) is 14.6. The van der Waals surface area contributed by atoms with Crippen molar-refractivity contribution in [3.63, 3.8) is 0 Å². The summed E-state index contributed by atoms with van der Waals surface area (Å²) in [4.78, 5) is 0. The van der Waals surface area contributed by atoms with Crippen LogP contribution in [0.2, 0.25) is 0 Å². The van der Waals surface area contributed by atoms with Crippen LogP contribution < -0.4 is 0 Å². The number of allylic oxidation sites excluding steroid dienone is 8. The van der Waals surface area contributed by atoms with Crippen molar-refractivity contribution in [1.82, 2.24) is 0 Å². The maximum absolute atomic E-state index is 4.44. The minimum atomic E-state index is 0. The van der Waals surface area contributed by atoms with E-state index in [4.69, 9.17) is 0 Å². The molecule has 3 aliphatic rings. The molecule has 0 nitrogen and oxygen atoms in total. The topological polar surface area (TPSA) is 0 Å². The van der Waals surface area contributed by atoms with Crippen LogP contribution >= 0.6 is 0 Å². The summed E-state index contributed by atoms with van der Waals surface area (Å²) in [5.41, 5.74) is 6.59. The van der Waals surface area contributed by atoms with Gasteiger partial charge in [0.2, 0.25) is 0 Å². The zero-order valence-corrected chi connectivity index (χ0v) is 21.4. The third kappa shape index (κ3) is 6.43. The number of hydrogen-bond acceptors (Lipinski definition) is 0. The van der Waals surface area contributed by atoms with Crippen LogP contribution in [0.25, 0.3) is 0 Å². The first-order valence-electron chi connectivity index (χ1n) is 13.0. The second-order valence-electron chi connectivity index (χ2n) is 12.0. The maximum atomic E-state index is 4.44. The average Bonchev–Trinajstić information content (AvgIpc) is 3.04. The van der Waals surface area contributed by atoms with Gasteiger partial charge >= 0.3 is 0 Å². The molecule has 0 spiro atoms. The van der Waals surface area contributed by atoms with Crippen LogP contribution in [-0.2, 0) is 0 Å². The van der Waals surface area contributed by atoms with E-state index in [1.54, 1.807) is 5.57 Å². The van der Waals surface area contributed by atoms with Gasteiger partial charge < -0.3 is 0 Å². The van der Waals surface area contributed by atoms with E-state index in [1.807, 2.05) is 0 Å². The molecule has 3 fully saturated rings. The number of fused-ring (bicyclic) bond motifs is 1. The summed E-state index contributed by atoms with van der Waals surface area (Å²) in [6.45, 7) is 22.8. The van der Waals surface area contributed by atoms with Crippen LogP contribution in [0.3, 0.4) is 0 Å². The molecule has 0 aromatic carbocycles. The predicted molar refractivity (Wildman–Crippen MR) is 151 cm³/mol. The Balaban J connectivity index is 0.00000272. The van der Waals surface area contributed by atoms with Gasteiger partial charge in [0, 0.05) is 0 Å². The van der Waals surface area contributed by atoms with Crippen LogP contribution in [0.1, 0.15) is 114 Å². The van der Waals surface area contributed by atoms with Crippen LogP contribution in [0.5, 0.6) is 0 Å². The predicted octanol–water partition coefficient (Wildman–Crippen LogP) is 10.9. The van der Waals surface area contributed by atoms with E-state index in [9.17, 15) is 0 Å². The van der Waals surface area contributed by atoms with Crippen LogP contribution in [0.15, 0.2) is 59.8 Å². The largest absolute Gasteiger partial charge is 0.0996 e. The Kier molecular flexibility index (Phi) is 10.7. The van der Waals surface area contributed by atoms with Gasteiger partial charge in [0.05, 0.1) is 0 Å². The first-order valence-corrected chi connectivity index (χ1v) is 13.0. The van der Waals surface area contributed by atoms with Crippen molar-refractivity contribution in [1.29, 1.82) is 0 Å². The lowest BCUT2D eigenvalue weighted by Gasteiger charge is -2.42. The van der Waals surface area contributed by atoms with Gasteiger partial charge in [-0.05, 0) is 105 Å². The average molecular weight is 453 g/mol. The van der Waals surface area contributed by atoms with Crippen molar-refractivity contribution >= 4 is 0 Å². The quantitative estimate of drug-likeness (QED) is 0.351. The summed E-state index contributed by atoms with van der Waals surface area (Å²) in [5, 5.41) is 0. The molecule has 0 heterocycles. The fourth-order valence-corrected chi connectivity index (χ4v) is 6.45. The molecule has 0 aliphatic heterocycles. The highest BCUT2D eigenvalue weighted by atomic mass is 14.5. The van der Waals surface area contributed by atoms with Gasteiger partial charge in [0.1, 0.15) is 0 Å². The van der Waals surface area contributed by atoms with Gasteiger partial charge in [-0.3, -0.25) is 0 Å². The van der Waals surface area contributed by atoms with E-state index in [2.05, 4.69) is 79.0 Å². The third-order valence-corrected chi connectivity index (χ3v) is 9.61. The summed E-state index contributed by atoms with van der Waals surface area (Å²) in [5.74, 6) is 3.07. The molecule has 0 aromatic rings. The fourth-order valence-electron chi connectivity index (χ4n) is 6.45. The van der Waals surface area contributed by atoms with E-state index < -0.39 is 0 Å². The van der Waals surface area contributed by atoms with Crippen molar-refractivity contribution in [2.24, 2.45) is 34.5 Å². The minimum Gasteiger partial charge on any atom is -0.0996 e. The summed E-state index contributed by atoms with van der Waals surface area (Å²) < 4.78 is 0. The van der Waals surface area contributed by atoms with E-state index in [0.29, 0.717) is 11.3 Å². The minimum absolute atomic E-state index is 0. The molecule has 5 atom stereocenters. The van der Waals surface area contributed by atoms with E-state index in [0.717, 1.165) is 30.6 Å². The summed E-state index contributed by atoms with van der Waals surface area (Å²) in [7, 11) is 0. The van der Waals surface area contributed by atoms with Gasteiger partial charge in [0.15, 0.2) is 0 Å². The molecule has 0 heteroatoms. The van der Waals surface area contributed by atoms with E-state index >= 15 is 0 Å². The Morgan fingerprint density at radius 1 is 1.06 bits per heavy atom. The van der Waals surface area contributed by atoms with Gasteiger partial charge in [-0.25, -0.2) is 0 Å². The molecule has 5 unspecified atom stereocenters. The molecule has 3 aliphatic carbocycles. The summed E-state index contributed by atoms with van der Waals surface area (Å²) in [6, 6.07) is 0. The monoisotopic (exact) mass is 452 g/mol. The molecular weight excluding hydrogens is 396 g/mol.